The van der Waals surface area contributed by atoms with Crippen LogP contribution in [0, 0.1) is 0 Å². The first-order chi connectivity index (χ1) is 7.49. The van der Waals surface area contributed by atoms with Crippen LogP contribution in [-0.2, 0) is 0 Å². The first kappa shape index (κ1) is 13.3. The number of hydrogen-bond acceptors (Lipinski definition) is 3. The Morgan fingerprint density at radius 2 is 2.25 bits per heavy atom. The summed E-state index contributed by atoms with van der Waals surface area (Å²) in [5, 5.41) is 14.3. The van der Waals surface area contributed by atoms with E-state index >= 15 is 0 Å². The molecule has 4 nitrogen and oxygen atoms in total. The maximum atomic E-state index is 11.4. The maximum Gasteiger partial charge on any atom is 0.315 e. The van der Waals surface area contributed by atoms with Crippen molar-refractivity contribution in [2.75, 3.05) is 6.54 Å². The van der Waals surface area contributed by atoms with Gasteiger partial charge in [0.25, 0.3) is 0 Å². The number of urea groups is 1. The molecule has 0 aliphatic rings. The van der Waals surface area contributed by atoms with Crippen molar-refractivity contribution >= 4 is 29.0 Å². The normalized spacial score (nSPS) is 14.2. The lowest BCUT2D eigenvalue weighted by molar-refractivity contribution is 0.187. The average molecular weight is 263 g/mol. The van der Waals surface area contributed by atoms with Crippen molar-refractivity contribution in [3.8, 4) is 0 Å². The van der Waals surface area contributed by atoms with Crippen LogP contribution in [0.3, 0.4) is 0 Å². The molecular formula is C10H15ClN2O2S. The van der Waals surface area contributed by atoms with Crippen LogP contribution < -0.4 is 10.6 Å². The lowest BCUT2D eigenvalue weighted by atomic mass is 10.3. The highest BCUT2D eigenvalue weighted by Crippen LogP contribution is 2.26. The van der Waals surface area contributed by atoms with Gasteiger partial charge in [0, 0.05) is 11.4 Å². The Kier molecular flexibility index (Phi) is 5.05. The van der Waals surface area contributed by atoms with Gasteiger partial charge in [-0.15, -0.1) is 11.3 Å². The number of thiophene rings is 1. The summed E-state index contributed by atoms with van der Waals surface area (Å²) in [7, 11) is 0. The highest BCUT2D eigenvalue weighted by Gasteiger charge is 2.11. The predicted octanol–water partition coefficient (Wildman–Crippen LogP) is 2.14. The number of carbonyl (C=O) groups excluding carboxylic acids is 1. The van der Waals surface area contributed by atoms with Gasteiger partial charge in [0.05, 0.1) is 16.5 Å². The van der Waals surface area contributed by atoms with Crippen LogP contribution in [0.1, 0.15) is 24.8 Å². The topological polar surface area (TPSA) is 61.4 Å². The zero-order valence-corrected chi connectivity index (χ0v) is 10.7. The monoisotopic (exact) mass is 262 g/mol. The molecule has 0 aliphatic heterocycles. The number of hydrogen-bond donors (Lipinski definition) is 3. The van der Waals surface area contributed by atoms with Crippen LogP contribution in [0.2, 0.25) is 4.34 Å². The fourth-order valence-electron chi connectivity index (χ4n) is 1.12. The molecule has 0 bridgehead atoms. The number of amides is 2. The molecule has 1 heterocycles. The molecule has 0 saturated heterocycles. The SMILES string of the molecule is C[C@H](O)CNC(=O)N[C@@H](C)c1ccc(Cl)s1. The van der Waals surface area contributed by atoms with E-state index in [0.29, 0.717) is 4.34 Å². The molecule has 0 radical (unpaired) electrons. The second-order valence-corrected chi connectivity index (χ2v) is 5.31. The highest BCUT2D eigenvalue weighted by molar-refractivity contribution is 7.16. The fourth-order valence-corrected chi connectivity index (χ4v) is 2.18. The summed E-state index contributed by atoms with van der Waals surface area (Å²) in [6, 6.07) is 3.30. The summed E-state index contributed by atoms with van der Waals surface area (Å²) in [5.74, 6) is 0. The minimum Gasteiger partial charge on any atom is -0.392 e. The van der Waals surface area contributed by atoms with Crippen LogP contribution in [0.15, 0.2) is 12.1 Å². The van der Waals surface area contributed by atoms with Gasteiger partial charge in [0.1, 0.15) is 0 Å². The van der Waals surface area contributed by atoms with Crippen molar-refractivity contribution < 1.29 is 9.90 Å². The van der Waals surface area contributed by atoms with E-state index in [0.717, 1.165) is 4.88 Å². The smallest absolute Gasteiger partial charge is 0.315 e. The first-order valence-electron chi connectivity index (χ1n) is 4.96. The van der Waals surface area contributed by atoms with E-state index in [1.54, 1.807) is 13.0 Å². The van der Waals surface area contributed by atoms with Gasteiger partial charge in [-0.25, -0.2) is 4.79 Å². The van der Waals surface area contributed by atoms with Crippen molar-refractivity contribution in [3.63, 3.8) is 0 Å². The van der Waals surface area contributed by atoms with Gasteiger partial charge in [-0.3, -0.25) is 0 Å². The Hall–Kier alpha value is -0.780. The van der Waals surface area contributed by atoms with Gasteiger partial charge in [-0.2, -0.15) is 0 Å². The molecule has 1 aromatic rings. The Morgan fingerprint density at radius 3 is 2.75 bits per heavy atom. The third-order valence-electron chi connectivity index (χ3n) is 1.93. The average Bonchev–Trinajstić information content (AvgIpc) is 2.62. The molecule has 0 saturated carbocycles. The van der Waals surface area contributed by atoms with Crippen LogP contribution in [0.4, 0.5) is 4.79 Å². The second-order valence-electron chi connectivity index (χ2n) is 3.57. The van der Waals surface area contributed by atoms with Crippen LogP contribution in [0.25, 0.3) is 0 Å². The second kappa shape index (κ2) is 6.08. The Bertz CT molecular complexity index is 354. The molecule has 1 rings (SSSR count). The summed E-state index contributed by atoms with van der Waals surface area (Å²) in [4.78, 5) is 12.4. The van der Waals surface area contributed by atoms with Crippen molar-refractivity contribution in [2.45, 2.75) is 26.0 Å². The molecule has 16 heavy (non-hydrogen) atoms. The lowest BCUT2D eigenvalue weighted by Crippen LogP contribution is -2.39. The summed E-state index contributed by atoms with van der Waals surface area (Å²) >= 11 is 7.24. The van der Waals surface area contributed by atoms with E-state index in [-0.39, 0.29) is 18.6 Å². The van der Waals surface area contributed by atoms with E-state index in [9.17, 15) is 4.79 Å². The molecule has 3 N–H and O–H groups in total. The highest BCUT2D eigenvalue weighted by atomic mass is 35.5. The third kappa shape index (κ3) is 4.38. The van der Waals surface area contributed by atoms with Crippen LogP contribution in [0.5, 0.6) is 0 Å². The van der Waals surface area contributed by atoms with E-state index in [1.165, 1.54) is 11.3 Å². The Balaban J connectivity index is 2.39. The van der Waals surface area contributed by atoms with E-state index < -0.39 is 6.10 Å². The van der Waals surface area contributed by atoms with Gasteiger partial charge in [-0.1, -0.05) is 11.6 Å². The minimum atomic E-state index is -0.544. The zero-order chi connectivity index (χ0) is 12.1. The largest absolute Gasteiger partial charge is 0.392 e. The number of halogens is 1. The van der Waals surface area contributed by atoms with Gasteiger partial charge >= 0.3 is 6.03 Å². The van der Waals surface area contributed by atoms with Crippen molar-refractivity contribution in [2.24, 2.45) is 0 Å². The Labute approximate surface area is 104 Å². The van der Waals surface area contributed by atoms with Gasteiger partial charge in [0.15, 0.2) is 0 Å². The van der Waals surface area contributed by atoms with Crippen molar-refractivity contribution in [1.82, 2.24) is 10.6 Å². The number of aliphatic hydroxyl groups excluding tert-OH is 1. The standard InChI is InChI=1S/C10H15ClN2O2S/c1-6(14)5-12-10(15)13-7(2)8-3-4-9(11)16-8/h3-4,6-7,14H,5H2,1-2H3,(H2,12,13,15)/t6-,7-/m0/s1. The third-order valence-corrected chi connectivity index (χ3v) is 3.34. The molecule has 0 aliphatic carbocycles. The van der Waals surface area contributed by atoms with Gasteiger partial charge in [-0.05, 0) is 26.0 Å². The molecule has 0 spiro atoms. The minimum absolute atomic E-state index is 0.0912. The molecule has 90 valence electrons. The van der Waals surface area contributed by atoms with Gasteiger partial charge in [0.2, 0.25) is 0 Å². The summed E-state index contributed by atoms with van der Waals surface area (Å²) in [5.41, 5.74) is 0. The summed E-state index contributed by atoms with van der Waals surface area (Å²) < 4.78 is 0.702. The molecule has 2 amide bonds. The van der Waals surface area contributed by atoms with E-state index in [2.05, 4.69) is 10.6 Å². The van der Waals surface area contributed by atoms with E-state index in [4.69, 9.17) is 16.7 Å². The fraction of sp³-hybridized carbons (Fsp3) is 0.500. The molecule has 0 unspecified atom stereocenters. The predicted molar refractivity (Wildman–Crippen MR) is 66.0 cm³/mol. The van der Waals surface area contributed by atoms with Crippen molar-refractivity contribution in [3.05, 3.63) is 21.3 Å². The van der Waals surface area contributed by atoms with Crippen LogP contribution >= 0.6 is 22.9 Å². The molecule has 1 aromatic heterocycles. The summed E-state index contributed by atoms with van der Waals surface area (Å²) in [6.07, 6.45) is -0.544. The zero-order valence-electron chi connectivity index (χ0n) is 9.16. The number of nitrogens with one attached hydrogen (secondary N) is 2. The number of rotatable bonds is 4. The summed E-state index contributed by atoms with van der Waals surface area (Å²) in [6.45, 7) is 3.73. The Morgan fingerprint density at radius 1 is 1.56 bits per heavy atom. The molecule has 2 atom stereocenters. The number of aliphatic hydroxyl groups is 1. The molecule has 0 fully saturated rings. The van der Waals surface area contributed by atoms with Crippen LogP contribution in [-0.4, -0.2) is 23.8 Å². The molecular weight excluding hydrogens is 248 g/mol. The number of carbonyl (C=O) groups is 1. The molecule has 0 aromatic carbocycles. The molecule has 6 heteroatoms. The lowest BCUT2D eigenvalue weighted by Gasteiger charge is -2.13. The van der Waals surface area contributed by atoms with Crippen molar-refractivity contribution in [1.29, 1.82) is 0 Å². The van der Waals surface area contributed by atoms with Gasteiger partial charge < -0.3 is 15.7 Å². The maximum absolute atomic E-state index is 11.4. The quantitative estimate of drug-likeness (QED) is 0.779. The van der Waals surface area contributed by atoms with E-state index in [1.807, 2.05) is 13.0 Å². The first-order valence-corrected chi connectivity index (χ1v) is 6.16.